The molecule has 0 unspecified atom stereocenters. The van der Waals surface area contributed by atoms with Crippen LogP contribution in [0.25, 0.3) is 0 Å². The highest BCUT2D eigenvalue weighted by Gasteiger charge is 2.59. The average Bonchev–Trinajstić information content (AvgIpc) is 2.64. The van der Waals surface area contributed by atoms with Crippen LogP contribution in [0.3, 0.4) is 0 Å². The number of esters is 2. The van der Waals surface area contributed by atoms with Crippen molar-refractivity contribution in [2.45, 2.75) is 85.4 Å². The summed E-state index contributed by atoms with van der Waals surface area (Å²) >= 11 is 0. The van der Waals surface area contributed by atoms with Gasteiger partial charge in [-0.05, 0) is 55.8 Å². The largest absolute Gasteiger partial charge is 0.465 e. The summed E-state index contributed by atoms with van der Waals surface area (Å²) in [6, 6.07) is 0. The van der Waals surface area contributed by atoms with Gasteiger partial charge in [0.2, 0.25) is 0 Å². The molecule has 3 aliphatic carbocycles. The quantitative estimate of drug-likeness (QED) is 0.521. The molecule has 0 aliphatic heterocycles. The summed E-state index contributed by atoms with van der Waals surface area (Å²) in [4.78, 5) is 23.3. The molecule has 2 fully saturated rings. The monoisotopic (exact) mass is 422 g/mol. The van der Waals surface area contributed by atoms with Crippen LogP contribution in [-0.2, 0) is 19.1 Å². The van der Waals surface area contributed by atoms with Crippen LogP contribution in [0.1, 0.15) is 73.1 Å². The number of aliphatic hydroxyl groups excluding tert-OH is 2. The Balaban J connectivity index is 1.95. The lowest BCUT2D eigenvalue weighted by atomic mass is 9.44. The van der Waals surface area contributed by atoms with Gasteiger partial charge in [0.15, 0.2) is 0 Å². The Labute approximate surface area is 180 Å². The lowest BCUT2D eigenvalue weighted by molar-refractivity contribution is -0.177. The van der Waals surface area contributed by atoms with Gasteiger partial charge in [-0.25, -0.2) is 0 Å². The first-order chi connectivity index (χ1) is 13.9. The smallest absolute Gasteiger partial charge is 0.302 e. The number of carbonyl (C=O) groups is 2. The second kappa shape index (κ2) is 8.27. The zero-order valence-electron chi connectivity index (χ0n) is 19.1. The number of hydrogen-bond donors (Lipinski definition) is 2. The fraction of sp³-hybridized carbons (Fsp3) is 0.833. The van der Waals surface area contributed by atoms with Crippen molar-refractivity contribution in [1.29, 1.82) is 0 Å². The van der Waals surface area contributed by atoms with Crippen molar-refractivity contribution in [3.8, 4) is 0 Å². The van der Waals surface area contributed by atoms with Crippen molar-refractivity contribution in [2.24, 2.45) is 28.1 Å². The van der Waals surface area contributed by atoms with Crippen molar-refractivity contribution in [2.75, 3.05) is 13.2 Å². The molecule has 0 aromatic rings. The maximum Gasteiger partial charge on any atom is 0.302 e. The molecule has 6 heteroatoms. The number of carbonyl (C=O) groups excluding carboxylic acids is 2. The van der Waals surface area contributed by atoms with Crippen molar-refractivity contribution in [3.63, 3.8) is 0 Å². The predicted molar refractivity (Wildman–Crippen MR) is 112 cm³/mol. The summed E-state index contributed by atoms with van der Waals surface area (Å²) in [7, 11) is 0. The van der Waals surface area contributed by atoms with Crippen LogP contribution in [0.2, 0.25) is 0 Å². The van der Waals surface area contributed by atoms with Gasteiger partial charge >= 0.3 is 11.9 Å². The van der Waals surface area contributed by atoms with E-state index >= 15 is 0 Å². The molecule has 0 spiro atoms. The maximum atomic E-state index is 11.8. The Morgan fingerprint density at radius 2 is 1.87 bits per heavy atom. The highest BCUT2D eigenvalue weighted by Crippen LogP contribution is 2.64. The van der Waals surface area contributed by atoms with E-state index in [9.17, 15) is 19.8 Å². The van der Waals surface area contributed by atoms with Gasteiger partial charge in [0.05, 0.1) is 19.3 Å². The molecule has 3 aliphatic rings. The third-order valence-electron chi connectivity index (χ3n) is 8.32. The van der Waals surface area contributed by atoms with Gasteiger partial charge in [-0.15, -0.1) is 0 Å². The Morgan fingerprint density at radius 3 is 2.47 bits per heavy atom. The van der Waals surface area contributed by atoms with Crippen LogP contribution in [0.15, 0.2) is 11.6 Å². The van der Waals surface area contributed by atoms with Crippen LogP contribution < -0.4 is 0 Å². The van der Waals surface area contributed by atoms with Crippen molar-refractivity contribution in [1.82, 2.24) is 0 Å². The summed E-state index contributed by atoms with van der Waals surface area (Å²) in [6.07, 6.45) is 6.43. The molecule has 0 heterocycles. The zero-order valence-corrected chi connectivity index (χ0v) is 19.1. The number of ether oxygens (including phenoxy) is 2. The molecule has 2 N–H and O–H groups in total. The molecule has 0 amide bonds. The first-order valence-electron chi connectivity index (χ1n) is 11.2. The summed E-state index contributed by atoms with van der Waals surface area (Å²) < 4.78 is 11.2. The zero-order chi connectivity index (χ0) is 22.3. The van der Waals surface area contributed by atoms with E-state index in [4.69, 9.17) is 9.47 Å². The molecule has 0 bridgehead atoms. The van der Waals surface area contributed by atoms with E-state index < -0.39 is 11.5 Å². The molecule has 0 aromatic heterocycles. The van der Waals surface area contributed by atoms with Gasteiger partial charge in [-0.1, -0.05) is 32.4 Å². The molecule has 2 saturated carbocycles. The number of aliphatic hydroxyl groups is 2. The number of rotatable bonds is 5. The van der Waals surface area contributed by atoms with Crippen LogP contribution >= 0.6 is 0 Å². The lowest BCUT2D eigenvalue weighted by Crippen LogP contribution is -2.57. The fourth-order valence-corrected chi connectivity index (χ4v) is 6.99. The Morgan fingerprint density at radius 1 is 1.17 bits per heavy atom. The third-order valence-corrected chi connectivity index (χ3v) is 8.32. The number of hydrogen-bond acceptors (Lipinski definition) is 6. The minimum absolute atomic E-state index is 0.0805. The van der Waals surface area contributed by atoms with Crippen LogP contribution in [0.5, 0.6) is 0 Å². The van der Waals surface area contributed by atoms with Gasteiger partial charge < -0.3 is 19.7 Å². The lowest BCUT2D eigenvalue weighted by Gasteiger charge is -2.61. The Kier molecular flexibility index (Phi) is 6.41. The summed E-state index contributed by atoms with van der Waals surface area (Å²) in [5.74, 6) is 0.136. The molecule has 3 rings (SSSR count). The molecule has 170 valence electrons. The maximum absolute atomic E-state index is 11.8. The molecule has 0 saturated heterocycles. The normalized spacial score (nSPS) is 41.7. The van der Waals surface area contributed by atoms with E-state index in [0.717, 1.165) is 32.1 Å². The summed E-state index contributed by atoms with van der Waals surface area (Å²) in [5, 5.41) is 19.9. The molecule has 6 nitrogen and oxygen atoms in total. The summed E-state index contributed by atoms with van der Waals surface area (Å²) in [5.41, 5.74) is 0.612. The standard InChI is InChI=1S/C24H38O6/c1-15(26)29-14-23(4)11-18(30-16(2)27)12-24(5)19-8-9-22(3,21(28)13-25)10-17(19)6-7-20(23)24/h10,18-21,25,28H,6-9,11-14H2,1-5H3/t18-,19-,20-,21+,22+,23+,24+/m1/s1. The van der Waals surface area contributed by atoms with E-state index in [1.165, 1.54) is 19.4 Å². The second-order valence-corrected chi connectivity index (χ2v) is 10.7. The Hall–Kier alpha value is -1.40. The van der Waals surface area contributed by atoms with Crippen LogP contribution in [-0.4, -0.2) is 47.6 Å². The minimum atomic E-state index is -0.758. The topological polar surface area (TPSA) is 93.1 Å². The number of fused-ring (bicyclic) bond motifs is 3. The Bertz CT molecular complexity index is 716. The molecule has 0 radical (unpaired) electrons. The van der Waals surface area contributed by atoms with Crippen molar-refractivity contribution >= 4 is 11.9 Å². The fourth-order valence-electron chi connectivity index (χ4n) is 6.99. The highest BCUT2D eigenvalue weighted by molar-refractivity contribution is 5.66. The van der Waals surface area contributed by atoms with Gasteiger partial charge in [0.1, 0.15) is 6.10 Å². The molecular formula is C24H38O6. The average molecular weight is 423 g/mol. The van der Waals surface area contributed by atoms with Gasteiger partial charge in [0, 0.05) is 24.7 Å². The van der Waals surface area contributed by atoms with E-state index in [2.05, 4.69) is 19.9 Å². The van der Waals surface area contributed by atoms with Gasteiger partial charge in [0.25, 0.3) is 0 Å². The summed E-state index contributed by atoms with van der Waals surface area (Å²) in [6.45, 7) is 9.50. The molecule has 7 atom stereocenters. The van der Waals surface area contributed by atoms with Crippen LogP contribution in [0, 0.1) is 28.1 Å². The predicted octanol–water partition coefficient (Wildman–Crippen LogP) is 3.39. The molecular weight excluding hydrogens is 384 g/mol. The SMILES string of the molecule is CC(=O)OC[C@]1(C)C[C@@H](OC(C)=O)C[C@@]2(C)[C@@H]3CC[C@](C)([C@@H](O)CO)C=C3CC[C@H]12. The third kappa shape index (κ3) is 4.18. The second-order valence-electron chi connectivity index (χ2n) is 10.7. The first-order valence-corrected chi connectivity index (χ1v) is 11.2. The first kappa shape index (κ1) is 23.3. The van der Waals surface area contributed by atoms with E-state index in [1.54, 1.807) is 0 Å². The molecule has 30 heavy (non-hydrogen) atoms. The van der Waals surface area contributed by atoms with E-state index in [0.29, 0.717) is 24.9 Å². The number of allylic oxidation sites excluding steroid dienone is 1. The minimum Gasteiger partial charge on any atom is -0.465 e. The van der Waals surface area contributed by atoms with E-state index in [1.807, 2.05) is 6.92 Å². The van der Waals surface area contributed by atoms with Gasteiger partial charge in [-0.2, -0.15) is 0 Å². The molecule has 0 aromatic carbocycles. The van der Waals surface area contributed by atoms with Crippen LogP contribution in [0.4, 0.5) is 0 Å². The van der Waals surface area contributed by atoms with Crippen molar-refractivity contribution in [3.05, 3.63) is 11.6 Å². The van der Waals surface area contributed by atoms with Gasteiger partial charge in [-0.3, -0.25) is 9.59 Å². The van der Waals surface area contributed by atoms with E-state index in [-0.39, 0.29) is 35.5 Å². The highest BCUT2D eigenvalue weighted by atomic mass is 16.5. The van der Waals surface area contributed by atoms with Crippen molar-refractivity contribution < 1.29 is 29.3 Å².